The van der Waals surface area contributed by atoms with Crippen molar-refractivity contribution in [3.63, 3.8) is 0 Å². The van der Waals surface area contributed by atoms with Crippen LogP contribution >= 0.6 is 10.7 Å². The normalized spacial score (nSPS) is 23.2. The number of hydrogen-bond donors (Lipinski definition) is 0. The molecule has 0 spiro atoms. The Bertz CT molecular complexity index is 684. The van der Waals surface area contributed by atoms with Gasteiger partial charge in [-0.3, -0.25) is 4.79 Å². The van der Waals surface area contributed by atoms with Gasteiger partial charge in [-0.1, -0.05) is 25.0 Å². The molecule has 2 heterocycles. The smallest absolute Gasteiger partial charge is 0.237 e. The van der Waals surface area contributed by atoms with Gasteiger partial charge in [0.1, 0.15) is 5.25 Å². The lowest BCUT2D eigenvalue weighted by Gasteiger charge is -2.28. The predicted molar refractivity (Wildman–Crippen MR) is 92.7 cm³/mol. The number of anilines is 2. The summed E-state index contributed by atoms with van der Waals surface area (Å²) in [6, 6.07) is 7.74. The summed E-state index contributed by atoms with van der Waals surface area (Å²) in [5, 5.41) is -0.825. The number of para-hydroxylation sites is 2. The molecular formula is C16H21ClN2O3S. The first kappa shape index (κ1) is 16.6. The third-order valence-electron chi connectivity index (χ3n) is 4.61. The minimum absolute atomic E-state index is 0.0415. The van der Waals surface area contributed by atoms with Gasteiger partial charge in [-0.15, -0.1) is 0 Å². The van der Waals surface area contributed by atoms with E-state index in [2.05, 4.69) is 4.90 Å². The largest absolute Gasteiger partial charge is 0.370 e. The number of hydrogen-bond acceptors (Lipinski definition) is 4. The van der Waals surface area contributed by atoms with Crippen molar-refractivity contribution in [2.45, 2.75) is 37.4 Å². The Balaban J connectivity index is 1.90. The van der Waals surface area contributed by atoms with Crippen molar-refractivity contribution in [3.05, 3.63) is 24.3 Å². The Hall–Kier alpha value is -1.27. The predicted octanol–water partition coefficient (Wildman–Crippen LogP) is 2.74. The fourth-order valence-corrected chi connectivity index (χ4v) is 4.39. The number of carbonyl (C=O) groups excluding carboxylic acids is 1. The molecule has 2 saturated heterocycles. The van der Waals surface area contributed by atoms with E-state index in [-0.39, 0.29) is 18.9 Å². The van der Waals surface area contributed by atoms with Gasteiger partial charge in [0.15, 0.2) is 0 Å². The molecule has 1 amide bonds. The fourth-order valence-electron chi connectivity index (χ4n) is 3.37. The first-order valence-electron chi connectivity index (χ1n) is 8.04. The topological polar surface area (TPSA) is 57.7 Å². The lowest BCUT2D eigenvalue weighted by Crippen LogP contribution is -2.31. The van der Waals surface area contributed by atoms with E-state index >= 15 is 0 Å². The highest BCUT2D eigenvalue weighted by Gasteiger charge is 2.39. The van der Waals surface area contributed by atoms with Crippen LogP contribution in [0.1, 0.15) is 32.1 Å². The van der Waals surface area contributed by atoms with Crippen LogP contribution in [0.2, 0.25) is 0 Å². The van der Waals surface area contributed by atoms with Crippen LogP contribution in [0, 0.1) is 0 Å². The van der Waals surface area contributed by atoms with Gasteiger partial charge in [0, 0.05) is 36.7 Å². The quantitative estimate of drug-likeness (QED) is 0.781. The van der Waals surface area contributed by atoms with Crippen LogP contribution in [0.15, 0.2) is 24.3 Å². The molecule has 3 rings (SSSR count). The highest BCUT2D eigenvalue weighted by atomic mass is 35.7. The Morgan fingerprint density at radius 3 is 2.17 bits per heavy atom. The molecule has 0 saturated carbocycles. The Kier molecular flexibility index (Phi) is 4.82. The minimum Gasteiger partial charge on any atom is -0.370 e. The number of amides is 1. The summed E-state index contributed by atoms with van der Waals surface area (Å²) in [4.78, 5) is 16.2. The van der Waals surface area contributed by atoms with Crippen LogP contribution in [0.3, 0.4) is 0 Å². The minimum atomic E-state index is -3.72. The van der Waals surface area contributed by atoms with Gasteiger partial charge >= 0.3 is 0 Å². The van der Waals surface area contributed by atoms with E-state index in [1.807, 2.05) is 24.3 Å². The molecule has 2 aliphatic heterocycles. The van der Waals surface area contributed by atoms with E-state index in [9.17, 15) is 13.2 Å². The molecule has 1 aromatic rings. The van der Waals surface area contributed by atoms with E-state index in [0.29, 0.717) is 0 Å². The summed E-state index contributed by atoms with van der Waals surface area (Å²) >= 11 is 0. The van der Waals surface area contributed by atoms with Gasteiger partial charge < -0.3 is 9.80 Å². The highest BCUT2D eigenvalue weighted by Crippen LogP contribution is 2.35. The molecule has 0 bridgehead atoms. The third-order valence-corrected chi connectivity index (χ3v) is 6.47. The number of carbonyl (C=O) groups is 1. The van der Waals surface area contributed by atoms with Gasteiger partial charge in [-0.05, 0) is 25.0 Å². The summed E-state index contributed by atoms with van der Waals surface area (Å²) in [5.74, 6) is -0.179. The molecule has 2 aliphatic rings. The SMILES string of the molecule is O=C1CC(S(=O)(=O)Cl)CN1c1ccccc1N1CCCCCC1. The molecule has 0 aliphatic carbocycles. The molecule has 1 unspecified atom stereocenters. The highest BCUT2D eigenvalue weighted by molar-refractivity contribution is 8.14. The molecule has 0 aromatic heterocycles. The van der Waals surface area contributed by atoms with Gasteiger partial charge in [-0.25, -0.2) is 8.42 Å². The fraction of sp³-hybridized carbons (Fsp3) is 0.562. The van der Waals surface area contributed by atoms with Crippen molar-refractivity contribution >= 4 is 37.0 Å². The molecule has 1 atom stereocenters. The van der Waals surface area contributed by atoms with Crippen molar-refractivity contribution in [1.29, 1.82) is 0 Å². The van der Waals surface area contributed by atoms with Crippen molar-refractivity contribution in [2.24, 2.45) is 0 Å². The molecule has 126 valence electrons. The van der Waals surface area contributed by atoms with E-state index in [4.69, 9.17) is 10.7 Å². The van der Waals surface area contributed by atoms with Crippen molar-refractivity contribution in [3.8, 4) is 0 Å². The van der Waals surface area contributed by atoms with E-state index in [0.717, 1.165) is 37.3 Å². The standard InChI is InChI=1S/C16H21ClN2O3S/c17-23(21,22)13-11-16(20)19(12-13)15-8-4-3-7-14(15)18-9-5-1-2-6-10-18/h3-4,7-8,13H,1-2,5-6,9-12H2. The van der Waals surface area contributed by atoms with Crippen molar-refractivity contribution < 1.29 is 13.2 Å². The van der Waals surface area contributed by atoms with Crippen LogP contribution in [-0.2, 0) is 13.8 Å². The van der Waals surface area contributed by atoms with E-state index in [1.165, 1.54) is 12.8 Å². The lowest BCUT2D eigenvalue weighted by atomic mass is 10.2. The van der Waals surface area contributed by atoms with E-state index < -0.39 is 14.3 Å². The Morgan fingerprint density at radius 1 is 1.00 bits per heavy atom. The molecule has 23 heavy (non-hydrogen) atoms. The van der Waals surface area contributed by atoms with Gasteiger partial charge in [0.05, 0.1) is 11.4 Å². The summed E-state index contributed by atoms with van der Waals surface area (Å²) < 4.78 is 23.1. The second-order valence-electron chi connectivity index (χ2n) is 6.20. The zero-order chi connectivity index (χ0) is 16.4. The average molecular weight is 357 g/mol. The van der Waals surface area contributed by atoms with Crippen LogP contribution < -0.4 is 9.80 Å². The number of rotatable bonds is 3. The number of nitrogens with zero attached hydrogens (tertiary/aromatic N) is 2. The second kappa shape index (κ2) is 6.69. The molecule has 0 radical (unpaired) electrons. The molecular weight excluding hydrogens is 336 g/mol. The van der Waals surface area contributed by atoms with Crippen LogP contribution in [0.4, 0.5) is 11.4 Å². The van der Waals surface area contributed by atoms with E-state index in [1.54, 1.807) is 4.90 Å². The van der Waals surface area contributed by atoms with Crippen LogP contribution in [0.25, 0.3) is 0 Å². The summed E-state index contributed by atoms with van der Waals surface area (Å²) in [6.07, 6.45) is 4.70. The maximum atomic E-state index is 12.3. The second-order valence-corrected chi connectivity index (χ2v) is 9.10. The average Bonchev–Trinajstić information content (AvgIpc) is 2.73. The van der Waals surface area contributed by atoms with Gasteiger partial charge in [0.2, 0.25) is 15.0 Å². The first-order valence-corrected chi connectivity index (χ1v) is 10.4. The summed E-state index contributed by atoms with van der Waals surface area (Å²) in [5.41, 5.74) is 1.80. The third kappa shape index (κ3) is 3.63. The Morgan fingerprint density at radius 2 is 1.61 bits per heavy atom. The monoisotopic (exact) mass is 356 g/mol. The maximum Gasteiger partial charge on any atom is 0.237 e. The van der Waals surface area contributed by atoms with Crippen LogP contribution in [0.5, 0.6) is 0 Å². The maximum absolute atomic E-state index is 12.3. The number of benzene rings is 1. The Labute approximate surface area is 141 Å². The van der Waals surface area contributed by atoms with Crippen LogP contribution in [-0.4, -0.2) is 39.2 Å². The molecule has 2 fully saturated rings. The molecule has 0 N–H and O–H groups in total. The molecule has 5 nitrogen and oxygen atoms in total. The van der Waals surface area contributed by atoms with Gasteiger partial charge in [-0.2, -0.15) is 0 Å². The molecule has 7 heteroatoms. The lowest BCUT2D eigenvalue weighted by molar-refractivity contribution is -0.117. The zero-order valence-electron chi connectivity index (χ0n) is 12.9. The number of halogens is 1. The zero-order valence-corrected chi connectivity index (χ0v) is 14.5. The first-order chi connectivity index (χ1) is 11.0. The van der Waals surface area contributed by atoms with Crippen molar-refractivity contribution in [2.75, 3.05) is 29.4 Å². The summed E-state index contributed by atoms with van der Waals surface area (Å²) in [6.45, 7) is 2.07. The summed E-state index contributed by atoms with van der Waals surface area (Å²) in [7, 11) is 1.73. The van der Waals surface area contributed by atoms with Crippen molar-refractivity contribution in [1.82, 2.24) is 0 Å². The molecule has 1 aromatic carbocycles. The van der Waals surface area contributed by atoms with Gasteiger partial charge in [0.25, 0.3) is 0 Å².